The first kappa shape index (κ1) is 10.2. The molecule has 0 aromatic rings. The second-order valence-electron chi connectivity index (χ2n) is 6.77. The molecule has 4 unspecified atom stereocenters. The normalized spacial score (nSPS) is 54.6. The summed E-state index contributed by atoms with van der Waals surface area (Å²) in [4.78, 5) is 0. The molecule has 1 spiro atoms. The molecule has 3 rings (SSSR count). The third-order valence-corrected chi connectivity index (χ3v) is 6.51. The Hall–Kier alpha value is 0. The van der Waals surface area contributed by atoms with Crippen molar-refractivity contribution in [3.63, 3.8) is 0 Å². The van der Waals surface area contributed by atoms with Gasteiger partial charge in [-0.25, -0.2) is 0 Å². The minimum atomic E-state index is 0.771. The maximum atomic E-state index is 2.62. The quantitative estimate of drug-likeness (QED) is 0.617. The minimum Gasteiger partial charge on any atom is -0.0651 e. The monoisotopic (exact) mass is 206 g/mol. The van der Waals surface area contributed by atoms with E-state index in [1.54, 1.807) is 19.3 Å². The van der Waals surface area contributed by atoms with Gasteiger partial charge in [-0.1, -0.05) is 46.5 Å². The van der Waals surface area contributed by atoms with Gasteiger partial charge in [0.2, 0.25) is 0 Å². The van der Waals surface area contributed by atoms with Crippen molar-refractivity contribution in [2.45, 2.75) is 65.7 Å². The fraction of sp³-hybridized carbons (Fsp3) is 1.00. The topological polar surface area (TPSA) is 0 Å². The number of rotatable bonds is 2. The van der Waals surface area contributed by atoms with Crippen molar-refractivity contribution in [2.75, 3.05) is 0 Å². The minimum absolute atomic E-state index is 0.771. The van der Waals surface area contributed by atoms with Crippen LogP contribution in [0.2, 0.25) is 0 Å². The fourth-order valence-corrected chi connectivity index (χ4v) is 5.51. The molecule has 0 heteroatoms. The molecule has 3 saturated carbocycles. The molecule has 0 aliphatic heterocycles. The van der Waals surface area contributed by atoms with Crippen LogP contribution in [0.25, 0.3) is 0 Å². The van der Waals surface area contributed by atoms with Crippen LogP contribution in [0, 0.1) is 28.6 Å². The Morgan fingerprint density at radius 1 is 1.13 bits per heavy atom. The summed E-state index contributed by atoms with van der Waals surface area (Å²) in [6.45, 7) is 7.53. The third kappa shape index (κ3) is 1.09. The summed E-state index contributed by atoms with van der Waals surface area (Å²) in [5.41, 5.74) is 1.61. The SMILES string of the molecule is CCC1C(C)C12CC2(C)C1CCCCC1. The molecule has 86 valence electrons. The summed E-state index contributed by atoms with van der Waals surface area (Å²) in [6.07, 6.45) is 10.6. The van der Waals surface area contributed by atoms with Crippen molar-refractivity contribution in [3.8, 4) is 0 Å². The molecule has 3 aliphatic carbocycles. The van der Waals surface area contributed by atoms with Gasteiger partial charge in [0.25, 0.3) is 0 Å². The highest BCUT2D eigenvalue weighted by Crippen LogP contribution is 2.88. The average molecular weight is 206 g/mol. The van der Waals surface area contributed by atoms with Gasteiger partial charge < -0.3 is 0 Å². The number of hydrogen-bond donors (Lipinski definition) is 0. The predicted octanol–water partition coefficient (Wildman–Crippen LogP) is 4.64. The Labute approximate surface area is 94.8 Å². The van der Waals surface area contributed by atoms with Gasteiger partial charge in [0.05, 0.1) is 0 Å². The van der Waals surface area contributed by atoms with Crippen LogP contribution < -0.4 is 0 Å². The molecule has 15 heavy (non-hydrogen) atoms. The molecule has 0 heterocycles. The van der Waals surface area contributed by atoms with Crippen LogP contribution in [-0.2, 0) is 0 Å². The summed E-state index contributed by atoms with van der Waals surface area (Å²) in [6, 6.07) is 0. The Balaban J connectivity index is 1.73. The smallest absolute Gasteiger partial charge is 0.0176 e. The van der Waals surface area contributed by atoms with Crippen LogP contribution in [0.15, 0.2) is 0 Å². The zero-order chi connectivity index (χ0) is 10.7. The average Bonchev–Trinajstić information content (AvgIpc) is 3.07. The molecule has 0 radical (unpaired) electrons. The van der Waals surface area contributed by atoms with E-state index in [0.717, 1.165) is 28.6 Å². The van der Waals surface area contributed by atoms with Gasteiger partial charge >= 0.3 is 0 Å². The maximum absolute atomic E-state index is 2.62. The van der Waals surface area contributed by atoms with E-state index in [-0.39, 0.29) is 0 Å². The van der Waals surface area contributed by atoms with Gasteiger partial charge in [0, 0.05) is 0 Å². The first-order valence-electron chi connectivity index (χ1n) is 7.17. The molecule has 4 atom stereocenters. The van der Waals surface area contributed by atoms with Gasteiger partial charge in [-0.05, 0) is 47.8 Å². The Morgan fingerprint density at radius 2 is 1.80 bits per heavy atom. The van der Waals surface area contributed by atoms with E-state index in [4.69, 9.17) is 0 Å². The zero-order valence-electron chi connectivity index (χ0n) is 10.7. The van der Waals surface area contributed by atoms with Crippen molar-refractivity contribution in [3.05, 3.63) is 0 Å². The molecule has 0 bridgehead atoms. The molecule has 3 aliphatic rings. The van der Waals surface area contributed by atoms with E-state index < -0.39 is 0 Å². The lowest BCUT2D eigenvalue weighted by Gasteiger charge is -2.29. The molecule has 0 amide bonds. The third-order valence-electron chi connectivity index (χ3n) is 6.51. The van der Waals surface area contributed by atoms with E-state index in [2.05, 4.69) is 20.8 Å². The standard InChI is InChI=1S/C15H26/c1-4-13-11(2)15(13)10-14(15,3)12-8-6-5-7-9-12/h11-13H,4-10H2,1-3H3. The first-order valence-corrected chi connectivity index (χ1v) is 7.17. The second-order valence-corrected chi connectivity index (χ2v) is 6.77. The lowest BCUT2D eigenvalue weighted by molar-refractivity contribution is 0.214. The van der Waals surface area contributed by atoms with Gasteiger partial charge in [0.15, 0.2) is 0 Å². The Kier molecular flexibility index (Phi) is 2.05. The van der Waals surface area contributed by atoms with Crippen LogP contribution in [0.4, 0.5) is 0 Å². The largest absolute Gasteiger partial charge is 0.0651 e. The molecule has 0 nitrogen and oxygen atoms in total. The molecule has 0 aromatic heterocycles. The summed E-state index contributed by atoms with van der Waals surface area (Å²) in [5, 5.41) is 0. The molecule has 0 aromatic carbocycles. The summed E-state index contributed by atoms with van der Waals surface area (Å²) in [7, 11) is 0. The first-order chi connectivity index (χ1) is 7.17. The summed E-state index contributed by atoms with van der Waals surface area (Å²) in [5.74, 6) is 3.23. The van der Waals surface area contributed by atoms with Gasteiger partial charge in [-0.15, -0.1) is 0 Å². The predicted molar refractivity (Wildman–Crippen MR) is 64.7 cm³/mol. The van der Waals surface area contributed by atoms with Crippen molar-refractivity contribution >= 4 is 0 Å². The van der Waals surface area contributed by atoms with Crippen molar-refractivity contribution in [2.24, 2.45) is 28.6 Å². The van der Waals surface area contributed by atoms with E-state index in [0.29, 0.717) is 0 Å². The van der Waals surface area contributed by atoms with Crippen molar-refractivity contribution in [1.29, 1.82) is 0 Å². The molecular weight excluding hydrogens is 180 g/mol. The lowest BCUT2D eigenvalue weighted by Crippen LogP contribution is -2.19. The summed E-state index contributed by atoms with van der Waals surface area (Å²) >= 11 is 0. The van der Waals surface area contributed by atoms with Crippen molar-refractivity contribution in [1.82, 2.24) is 0 Å². The van der Waals surface area contributed by atoms with Crippen LogP contribution >= 0.6 is 0 Å². The highest BCUT2D eigenvalue weighted by molar-refractivity contribution is 5.29. The fourth-order valence-electron chi connectivity index (χ4n) is 5.51. The van der Waals surface area contributed by atoms with Crippen LogP contribution in [0.1, 0.15) is 65.7 Å². The van der Waals surface area contributed by atoms with Gasteiger partial charge in [0.1, 0.15) is 0 Å². The highest BCUT2D eigenvalue weighted by Gasteiger charge is 2.82. The highest BCUT2D eigenvalue weighted by atomic mass is 14.9. The lowest BCUT2D eigenvalue weighted by atomic mass is 9.76. The van der Waals surface area contributed by atoms with Crippen LogP contribution in [0.3, 0.4) is 0 Å². The molecule has 3 fully saturated rings. The molecular formula is C15H26. The Morgan fingerprint density at radius 3 is 2.33 bits per heavy atom. The van der Waals surface area contributed by atoms with Crippen LogP contribution in [0.5, 0.6) is 0 Å². The van der Waals surface area contributed by atoms with E-state index in [1.807, 2.05) is 0 Å². The van der Waals surface area contributed by atoms with E-state index in [9.17, 15) is 0 Å². The van der Waals surface area contributed by atoms with Gasteiger partial charge in [-0.3, -0.25) is 0 Å². The summed E-state index contributed by atoms with van der Waals surface area (Å²) < 4.78 is 0. The maximum Gasteiger partial charge on any atom is -0.0176 e. The molecule has 0 N–H and O–H groups in total. The zero-order valence-corrected chi connectivity index (χ0v) is 10.7. The van der Waals surface area contributed by atoms with Crippen molar-refractivity contribution < 1.29 is 0 Å². The molecule has 0 saturated heterocycles. The second kappa shape index (κ2) is 3.02. The Bertz CT molecular complexity index is 263. The van der Waals surface area contributed by atoms with E-state index >= 15 is 0 Å². The van der Waals surface area contributed by atoms with Gasteiger partial charge in [-0.2, -0.15) is 0 Å². The number of hydrogen-bond acceptors (Lipinski definition) is 0. The van der Waals surface area contributed by atoms with E-state index in [1.165, 1.54) is 25.7 Å². The van der Waals surface area contributed by atoms with Crippen LogP contribution in [-0.4, -0.2) is 0 Å².